The van der Waals surface area contributed by atoms with E-state index >= 15 is 0 Å². The molecule has 3 rings (SSSR count). The molecule has 0 bridgehead atoms. The average molecular weight is 374 g/mol. The van der Waals surface area contributed by atoms with Gasteiger partial charge in [-0.05, 0) is 30.3 Å². The Bertz CT molecular complexity index is 1030. The lowest BCUT2D eigenvalue weighted by atomic mass is 10.1. The highest BCUT2D eigenvalue weighted by atomic mass is 19.4. The molecule has 2 heterocycles. The summed E-state index contributed by atoms with van der Waals surface area (Å²) in [5.41, 5.74) is -0.847. The Balaban J connectivity index is 2.18. The first kappa shape index (κ1) is 18.3. The lowest BCUT2D eigenvalue weighted by molar-refractivity contribution is -0.137. The third kappa shape index (κ3) is 3.71. The van der Waals surface area contributed by atoms with Crippen molar-refractivity contribution < 1.29 is 18.0 Å². The van der Waals surface area contributed by atoms with Gasteiger partial charge in [-0.3, -0.25) is 14.6 Å². The van der Waals surface area contributed by atoms with Gasteiger partial charge in [-0.2, -0.15) is 23.0 Å². The van der Waals surface area contributed by atoms with E-state index in [2.05, 4.69) is 15.4 Å². The summed E-state index contributed by atoms with van der Waals surface area (Å²) >= 11 is 0. The predicted octanol–water partition coefficient (Wildman–Crippen LogP) is 2.67. The maximum Gasteiger partial charge on any atom is 0.416 e. The Morgan fingerprint density at radius 2 is 1.85 bits per heavy atom. The van der Waals surface area contributed by atoms with Gasteiger partial charge in [-0.25, -0.2) is 0 Å². The van der Waals surface area contributed by atoms with Crippen LogP contribution in [0.3, 0.4) is 0 Å². The summed E-state index contributed by atoms with van der Waals surface area (Å²) in [7, 11) is 1.37. The number of hydrogen-bond donors (Lipinski definition) is 1. The van der Waals surface area contributed by atoms with E-state index in [9.17, 15) is 22.8 Å². The largest absolute Gasteiger partial charge is 0.416 e. The van der Waals surface area contributed by atoms with Gasteiger partial charge in [0.25, 0.3) is 11.5 Å². The van der Waals surface area contributed by atoms with Crippen LogP contribution in [0.4, 0.5) is 13.2 Å². The van der Waals surface area contributed by atoms with E-state index in [1.165, 1.54) is 37.6 Å². The normalized spacial score (nSPS) is 11.3. The van der Waals surface area contributed by atoms with Gasteiger partial charge < -0.3 is 5.32 Å². The van der Waals surface area contributed by atoms with Crippen molar-refractivity contribution in [1.82, 2.24) is 20.1 Å². The van der Waals surface area contributed by atoms with Crippen LogP contribution < -0.4 is 10.9 Å². The molecule has 27 heavy (non-hydrogen) atoms. The van der Waals surface area contributed by atoms with Crippen LogP contribution in [0.2, 0.25) is 0 Å². The van der Waals surface area contributed by atoms with Gasteiger partial charge in [0.2, 0.25) is 0 Å². The van der Waals surface area contributed by atoms with E-state index in [1.807, 2.05) is 0 Å². The second kappa shape index (κ2) is 7.02. The molecule has 3 aromatic rings. The molecule has 0 aliphatic carbocycles. The van der Waals surface area contributed by atoms with Gasteiger partial charge in [0.15, 0.2) is 0 Å². The number of nitrogens with one attached hydrogen (secondary N) is 1. The third-order valence-corrected chi connectivity index (χ3v) is 3.78. The van der Waals surface area contributed by atoms with Crippen LogP contribution in [0, 0.1) is 0 Å². The highest BCUT2D eigenvalue weighted by molar-refractivity contribution is 5.94. The number of carbonyl (C=O) groups is 1. The minimum atomic E-state index is -4.46. The summed E-state index contributed by atoms with van der Waals surface area (Å²) < 4.78 is 39.3. The van der Waals surface area contributed by atoms with Crippen LogP contribution in [0.15, 0.2) is 59.7 Å². The molecule has 138 valence electrons. The molecule has 0 saturated carbocycles. The summed E-state index contributed by atoms with van der Waals surface area (Å²) in [6.07, 6.45) is -1.57. The zero-order valence-electron chi connectivity index (χ0n) is 14.0. The van der Waals surface area contributed by atoms with Crippen molar-refractivity contribution in [2.75, 3.05) is 7.05 Å². The molecule has 0 aliphatic heterocycles. The van der Waals surface area contributed by atoms with Crippen molar-refractivity contribution in [3.05, 3.63) is 76.3 Å². The monoisotopic (exact) mass is 374 g/mol. The van der Waals surface area contributed by atoms with Gasteiger partial charge in [0.1, 0.15) is 5.56 Å². The molecule has 0 spiro atoms. The Hall–Kier alpha value is -3.49. The first-order valence-corrected chi connectivity index (χ1v) is 7.76. The van der Waals surface area contributed by atoms with Crippen LogP contribution in [0.5, 0.6) is 0 Å². The van der Waals surface area contributed by atoms with Gasteiger partial charge in [0.05, 0.1) is 23.1 Å². The molecule has 6 nitrogen and oxygen atoms in total. The Kier molecular flexibility index (Phi) is 4.76. The van der Waals surface area contributed by atoms with E-state index in [0.717, 1.165) is 16.8 Å². The van der Waals surface area contributed by atoms with Gasteiger partial charge in [0, 0.05) is 18.8 Å². The van der Waals surface area contributed by atoms with Crippen molar-refractivity contribution in [3.8, 4) is 16.9 Å². The molecule has 0 fully saturated rings. The maximum atomic E-state index is 12.8. The number of halogens is 3. The summed E-state index contributed by atoms with van der Waals surface area (Å²) in [6.45, 7) is 0. The van der Waals surface area contributed by atoms with Crippen molar-refractivity contribution in [3.63, 3.8) is 0 Å². The fourth-order valence-electron chi connectivity index (χ4n) is 2.42. The molecule has 2 aromatic heterocycles. The number of hydrogen-bond acceptors (Lipinski definition) is 4. The zero-order valence-corrected chi connectivity index (χ0v) is 14.0. The first-order chi connectivity index (χ1) is 12.8. The molecule has 0 unspecified atom stereocenters. The molecule has 0 radical (unpaired) electrons. The molecule has 1 amide bonds. The van der Waals surface area contributed by atoms with Crippen molar-refractivity contribution in [1.29, 1.82) is 0 Å². The Labute approximate surface area is 151 Å². The molecule has 1 N–H and O–H groups in total. The standard InChI is InChI=1S/C18H13F3N4O2/c1-22-16(26)14-9-15(11-4-6-12(7-5-11)18(19,20)21)24-25(17(14)27)13-3-2-8-23-10-13/h2-10H,1H3,(H,22,26). The Morgan fingerprint density at radius 1 is 1.15 bits per heavy atom. The molecule has 0 atom stereocenters. The van der Waals surface area contributed by atoms with Crippen molar-refractivity contribution in [2.24, 2.45) is 0 Å². The summed E-state index contributed by atoms with van der Waals surface area (Å²) in [4.78, 5) is 28.6. The van der Waals surface area contributed by atoms with Gasteiger partial charge in [-0.15, -0.1) is 0 Å². The fourth-order valence-corrected chi connectivity index (χ4v) is 2.42. The number of benzene rings is 1. The quantitative estimate of drug-likeness (QED) is 0.765. The maximum absolute atomic E-state index is 12.8. The predicted molar refractivity (Wildman–Crippen MR) is 91.5 cm³/mol. The van der Waals surface area contributed by atoms with E-state index in [4.69, 9.17) is 0 Å². The lowest BCUT2D eigenvalue weighted by Crippen LogP contribution is -2.32. The molecule has 0 saturated heterocycles. The number of carbonyl (C=O) groups excluding carboxylic acids is 1. The topological polar surface area (TPSA) is 76.9 Å². The molecule has 0 aliphatic rings. The second-order valence-electron chi connectivity index (χ2n) is 5.53. The second-order valence-corrected chi connectivity index (χ2v) is 5.53. The molecule has 1 aromatic carbocycles. The summed E-state index contributed by atoms with van der Waals surface area (Å²) in [6, 6.07) is 8.70. The average Bonchev–Trinajstić information content (AvgIpc) is 2.67. The number of pyridine rings is 1. The van der Waals surface area contributed by atoms with E-state index < -0.39 is 23.2 Å². The van der Waals surface area contributed by atoms with Gasteiger partial charge >= 0.3 is 6.18 Å². The number of amides is 1. The van der Waals surface area contributed by atoms with Crippen LogP contribution in [0.1, 0.15) is 15.9 Å². The van der Waals surface area contributed by atoms with Crippen molar-refractivity contribution in [2.45, 2.75) is 6.18 Å². The number of alkyl halides is 3. The minimum absolute atomic E-state index is 0.172. The summed E-state index contributed by atoms with van der Waals surface area (Å²) in [5, 5.41) is 6.55. The van der Waals surface area contributed by atoms with E-state index in [-0.39, 0.29) is 11.3 Å². The molecule has 9 heteroatoms. The smallest absolute Gasteiger partial charge is 0.355 e. The van der Waals surface area contributed by atoms with Crippen LogP contribution in [-0.2, 0) is 6.18 Å². The number of nitrogens with zero attached hydrogens (tertiary/aromatic N) is 3. The summed E-state index contributed by atoms with van der Waals surface area (Å²) in [5.74, 6) is -0.631. The fraction of sp³-hybridized carbons (Fsp3) is 0.111. The SMILES string of the molecule is CNC(=O)c1cc(-c2ccc(C(F)(F)F)cc2)nn(-c2cccnc2)c1=O. The van der Waals surface area contributed by atoms with Crippen molar-refractivity contribution >= 4 is 5.91 Å². The van der Waals surface area contributed by atoms with Crippen LogP contribution in [-0.4, -0.2) is 27.7 Å². The van der Waals surface area contributed by atoms with E-state index in [1.54, 1.807) is 12.1 Å². The molecular weight excluding hydrogens is 361 g/mol. The lowest BCUT2D eigenvalue weighted by Gasteiger charge is -2.11. The highest BCUT2D eigenvalue weighted by Gasteiger charge is 2.30. The number of rotatable bonds is 3. The van der Waals surface area contributed by atoms with Crippen LogP contribution >= 0.6 is 0 Å². The first-order valence-electron chi connectivity index (χ1n) is 7.76. The number of aromatic nitrogens is 3. The van der Waals surface area contributed by atoms with Crippen LogP contribution in [0.25, 0.3) is 16.9 Å². The zero-order chi connectivity index (χ0) is 19.6. The third-order valence-electron chi connectivity index (χ3n) is 3.78. The van der Waals surface area contributed by atoms with Gasteiger partial charge in [-0.1, -0.05) is 12.1 Å². The highest BCUT2D eigenvalue weighted by Crippen LogP contribution is 2.30. The molecular formula is C18H13F3N4O2. The van der Waals surface area contributed by atoms with E-state index in [0.29, 0.717) is 11.3 Å². The Morgan fingerprint density at radius 3 is 2.41 bits per heavy atom. The minimum Gasteiger partial charge on any atom is -0.355 e.